The fourth-order valence-corrected chi connectivity index (χ4v) is 2.37. The second kappa shape index (κ2) is 7.09. The second-order valence-corrected chi connectivity index (χ2v) is 5.56. The molecule has 1 aromatic rings. The lowest BCUT2D eigenvalue weighted by Crippen LogP contribution is -1.94. The predicted molar refractivity (Wildman–Crippen MR) is 65.2 cm³/mol. The molecule has 0 spiro atoms. The first kappa shape index (κ1) is 13.7. The molecule has 0 saturated heterocycles. The van der Waals surface area contributed by atoms with Crippen LogP contribution in [0, 0.1) is 0 Å². The van der Waals surface area contributed by atoms with Crippen molar-refractivity contribution in [2.24, 2.45) is 0 Å². The summed E-state index contributed by atoms with van der Waals surface area (Å²) in [7, 11) is -4.28. The van der Waals surface area contributed by atoms with Gasteiger partial charge in [-0.15, -0.1) is 0 Å². The molecule has 0 saturated carbocycles. The van der Waals surface area contributed by atoms with E-state index in [4.69, 9.17) is 9.79 Å². The van der Waals surface area contributed by atoms with Crippen molar-refractivity contribution in [3.63, 3.8) is 0 Å². The third kappa shape index (κ3) is 7.04. The Morgan fingerprint density at radius 1 is 1.25 bits per heavy atom. The summed E-state index contributed by atoms with van der Waals surface area (Å²) in [4.78, 5) is 16.9. The summed E-state index contributed by atoms with van der Waals surface area (Å²) in [6.07, 6.45) is 0.641. The van der Waals surface area contributed by atoms with Gasteiger partial charge in [-0.05, 0) is 17.7 Å². The van der Waals surface area contributed by atoms with Gasteiger partial charge in [0, 0.05) is 5.75 Å². The molecule has 6 heteroatoms. The van der Waals surface area contributed by atoms with Gasteiger partial charge >= 0.3 is 7.82 Å². The standard InChI is InChI=1S/C10H15O4PS/c11-15(12,13)14-7-4-8-16-9-10-5-2-1-3-6-10/h1-3,5-6H,4,7-9H2,(H2,11,12,13). The molecular weight excluding hydrogens is 247 g/mol. The summed E-state index contributed by atoms with van der Waals surface area (Å²) < 4.78 is 14.7. The zero-order chi connectivity index (χ0) is 11.9. The normalized spacial score (nSPS) is 11.6. The highest BCUT2D eigenvalue weighted by atomic mass is 32.2. The van der Waals surface area contributed by atoms with Crippen molar-refractivity contribution in [2.75, 3.05) is 12.4 Å². The van der Waals surface area contributed by atoms with Crippen LogP contribution in [-0.4, -0.2) is 22.1 Å². The Morgan fingerprint density at radius 3 is 2.56 bits per heavy atom. The molecule has 0 unspecified atom stereocenters. The summed E-state index contributed by atoms with van der Waals surface area (Å²) in [6.45, 7) is 0.103. The van der Waals surface area contributed by atoms with Gasteiger partial charge in [0.2, 0.25) is 0 Å². The molecule has 0 aromatic heterocycles. The van der Waals surface area contributed by atoms with Crippen molar-refractivity contribution in [2.45, 2.75) is 12.2 Å². The highest BCUT2D eigenvalue weighted by molar-refractivity contribution is 7.98. The van der Waals surface area contributed by atoms with Gasteiger partial charge in [-0.25, -0.2) is 4.57 Å². The van der Waals surface area contributed by atoms with E-state index in [0.29, 0.717) is 6.42 Å². The lowest BCUT2D eigenvalue weighted by molar-refractivity contribution is 0.198. The van der Waals surface area contributed by atoms with Crippen molar-refractivity contribution in [1.82, 2.24) is 0 Å². The molecule has 2 N–H and O–H groups in total. The Balaban J connectivity index is 2.03. The lowest BCUT2D eigenvalue weighted by Gasteiger charge is -2.04. The van der Waals surface area contributed by atoms with Crippen molar-refractivity contribution < 1.29 is 18.9 Å². The number of benzene rings is 1. The molecule has 0 aliphatic carbocycles. The molecule has 4 nitrogen and oxygen atoms in total. The van der Waals surface area contributed by atoms with E-state index in [2.05, 4.69) is 16.7 Å². The van der Waals surface area contributed by atoms with Gasteiger partial charge in [0.1, 0.15) is 0 Å². The van der Waals surface area contributed by atoms with E-state index in [-0.39, 0.29) is 6.61 Å². The molecule has 0 aliphatic heterocycles. The van der Waals surface area contributed by atoms with E-state index < -0.39 is 7.82 Å². The first-order valence-corrected chi connectivity index (χ1v) is 7.58. The van der Waals surface area contributed by atoms with E-state index in [1.165, 1.54) is 5.56 Å². The molecular formula is C10H15O4PS. The number of rotatable bonds is 7. The van der Waals surface area contributed by atoms with Gasteiger partial charge < -0.3 is 9.79 Å². The Hall–Kier alpha value is -0.320. The Labute approximate surface area is 99.3 Å². The summed E-state index contributed by atoms with van der Waals surface area (Å²) in [5.41, 5.74) is 1.25. The molecule has 0 radical (unpaired) electrons. The van der Waals surface area contributed by atoms with Crippen LogP contribution in [0.4, 0.5) is 0 Å². The highest BCUT2D eigenvalue weighted by Gasteiger charge is 2.12. The van der Waals surface area contributed by atoms with Gasteiger partial charge in [-0.1, -0.05) is 30.3 Å². The molecule has 0 bridgehead atoms. The summed E-state index contributed by atoms with van der Waals surface area (Å²) in [6, 6.07) is 10.1. The Morgan fingerprint density at radius 2 is 1.94 bits per heavy atom. The number of thioether (sulfide) groups is 1. The average molecular weight is 262 g/mol. The van der Waals surface area contributed by atoms with Crippen LogP contribution in [0.5, 0.6) is 0 Å². The molecule has 1 rings (SSSR count). The molecule has 1 aromatic carbocycles. The quantitative estimate of drug-likeness (QED) is 0.583. The number of phosphoric ester groups is 1. The van der Waals surface area contributed by atoms with Crippen LogP contribution >= 0.6 is 19.6 Å². The topological polar surface area (TPSA) is 66.8 Å². The molecule has 0 aliphatic rings. The number of phosphoric acid groups is 1. The minimum atomic E-state index is -4.28. The minimum Gasteiger partial charge on any atom is -0.303 e. The van der Waals surface area contributed by atoms with Gasteiger partial charge in [-0.3, -0.25) is 4.52 Å². The van der Waals surface area contributed by atoms with E-state index in [9.17, 15) is 4.57 Å². The van der Waals surface area contributed by atoms with Crippen molar-refractivity contribution >= 4 is 19.6 Å². The zero-order valence-electron chi connectivity index (χ0n) is 8.78. The maximum atomic E-state index is 10.4. The van der Waals surface area contributed by atoms with E-state index >= 15 is 0 Å². The van der Waals surface area contributed by atoms with E-state index in [1.54, 1.807) is 11.8 Å². The number of hydrogen-bond donors (Lipinski definition) is 2. The maximum absolute atomic E-state index is 10.4. The molecule has 16 heavy (non-hydrogen) atoms. The average Bonchev–Trinajstić information content (AvgIpc) is 2.23. The first-order valence-electron chi connectivity index (χ1n) is 4.90. The predicted octanol–water partition coefficient (Wildman–Crippen LogP) is 2.42. The Kier molecular flexibility index (Phi) is 6.09. The van der Waals surface area contributed by atoms with Crippen molar-refractivity contribution in [3.8, 4) is 0 Å². The Bertz CT molecular complexity index is 338. The number of hydrogen-bond acceptors (Lipinski definition) is 3. The van der Waals surface area contributed by atoms with Crippen LogP contribution in [0.15, 0.2) is 30.3 Å². The van der Waals surface area contributed by atoms with E-state index in [0.717, 1.165) is 11.5 Å². The van der Waals surface area contributed by atoms with Gasteiger partial charge in [0.05, 0.1) is 6.61 Å². The molecule has 0 fully saturated rings. The summed E-state index contributed by atoms with van der Waals surface area (Å²) in [5.74, 6) is 1.74. The van der Waals surface area contributed by atoms with Crippen LogP contribution in [0.3, 0.4) is 0 Å². The van der Waals surface area contributed by atoms with Crippen LogP contribution < -0.4 is 0 Å². The third-order valence-electron chi connectivity index (χ3n) is 1.80. The van der Waals surface area contributed by atoms with Gasteiger partial charge in [0.25, 0.3) is 0 Å². The van der Waals surface area contributed by atoms with Gasteiger partial charge in [0.15, 0.2) is 0 Å². The first-order chi connectivity index (χ1) is 7.58. The fourth-order valence-electron chi connectivity index (χ4n) is 1.11. The third-order valence-corrected chi connectivity index (χ3v) is 3.44. The van der Waals surface area contributed by atoms with Gasteiger partial charge in [-0.2, -0.15) is 11.8 Å². The summed E-state index contributed by atoms with van der Waals surface area (Å²) in [5, 5.41) is 0. The smallest absolute Gasteiger partial charge is 0.303 e. The fraction of sp³-hybridized carbons (Fsp3) is 0.400. The van der Waals surface area contributed by atoms with Crippen molar-refractivity contribution in [3.05, 3.63) is 35.9 Å². The summed E-state index contributed by atoms with van der Waals surface area (Å²) >= 11 is 1.72. The van der Waals surface area contributed by atoms with Crippen LogP contribution in [0.2, 0.25) is 0 Å². The molecule has 0 amide bonds. The SMILES string of the molecule is O=P(O)(O)OCCCSCc1ccccc1. The second-order valence-electron chi connectivity index (χ2n) is 3.22. The van der Waals surface area contributed by atoms with Crippen LogP contribution in [0.1, 0.15) is 12.0 Å². The molecule has 0 heterocycles. The highest BCUT2D eigenvalue weighted by Crippen LogP contribution is 2.35. The maximum Gasteiger partial charge on any atom is 0.469 e. The van der Waals surface area contributed by atoms with Crippen LogP contribution in [0.25, 0.3) is 0 Å². The van der Waals surface area contributed by atoms with Crippen LogP contribution in [-0.2, 0) is 14.8 Å². The lowest BCUT2D eigenvalue weighted by atomic mass is 10.2. The zero-order valence-corrected chi connectivity index (χ0v) is 10.5. The van der Waals surface area contributed by atoms with Crippen molar-refractivity contribution in [1.29, 1.82) is 0 Å². The minimum absolute atomic E-state index is 0.103. The monoisotopic (exact) mass is 262 g/mol. The van der Waals surface area contributed by atoms with E-state index in [1.807, 2.05) is 18.2 Å². The largest absolute Gasteiger partial charge is 0.469 e. The molecule has 90 valence electrons. The molecule has 0 atom stereocenters.